The number of halogens is 3. The molecule has 8 rings (SSSR count). The van der Waals surface area contributed by atoms with Crippen molar-refractivity contribution in [3.05, 3.63) is 204 Å². The molecule has 2 aromatic heterocycles. The highest BCUT2D eigenvalue weighted by Crippen LogP contribution is 2.39. The van der Waals surface area contributed by atoms with E-state index in [4.69, 9.17) is 18.9 Å². The van der Waals surface area contributed by atoms with Gasteiger partial charge >= 0.3 is 6.18 Å². The van der Waals surface area contributed by atoms with Crippen LogP contribution in [0.5, 0.6) is 23.0 Å². The number of benzene rings is 6. The van der Waals surface area contributed by atoms with E-state index in [1.165, 1.54) is 12.1 Å². The Hall–Kier alpha value is -6.95. The van der Waals surface area contributed by atoms with Crippen LogP contribution in [-0.4, -0.2) is 33.4 Å². The average Bonchev–Trinajstić information content (AvgIpc) is 3.38. The van der Waals surface area contributed by atoms with Crippen molar-refractivity contribution in [1.82, 2.24) is 9.97 Å². The number of nitrogens with zero attached hydrogens (tertiary/aromatic N) is 2. The lowest BCUT2D eigenvalue weighted by molar-refractivity contribution is -0.137. The van der Waals surface area contributed by atoms with Crippen LogP contribution in [0.15, 0.2) is 176 Å². The zero-order chi connectivity index (χ0) is 49.2. The van der Waals surface area contributed by atoms with Gasteiger partial charge in [0.15, 0.2) is 0 Å². The molecule has 2 unspecified atom stereocenters. The highest BCUT2D eigenvalue weighted by molar-refractivity contribution is 5.79. The van der Waals surface area contributed by atoms with Crippen LogP contribution in [0.2, 0.25) is 0 Å². The molecule has 2 heterocycles. The summed E-state index contributed by atoms with van der Waals surface area (Å²) >= 11 is 0. The first kappa shape index (κ1) is 50.9. The highest BCUT2D eigenvalue weighted by atomic mass is 19.4. The van der Waals surface area contributed by atoms with E-state index in [-0.39, 0.29) is 11.2 Å². The normalized spacial score (nSPS) is 12.4. The SMILES string of the molecule is CC(C)(CCCCOc1ccccc1)C(O)c1cccc(OCc2ccc3ccccc3n2)c1.OC(CCCCCOc1cccc(C(F)(F)F)c1)c1cccc(OCc2ccc3ccccc3n2)c1. The summed E-state index contributed by atoms with van der Waals surface area (Å²) in [6.07, 6.45) is 0.0575. The van der Waals surface area contributed by atoms with Crippen LogP contribution in [0.25, 0.3) is 21.8 Å². The minimum absolute atomic E-state index is 0.209. The van der Waals surface area contributed by atoms with Crippen molar-refractivity contribution in [2.24, 2.45) is 5.41 Å². The first-order valence-electron chi connectivity index (χ1n) is 23.9. The van der Waals surface area contributed by atoms with Crippen LogP contribution in [0.4, 0.5) is 13.2 Å². The maximum atomic E-state index is 12.8. The van der Waals surface area contributed by atoms with Crippen LogP contribution in [0.3, 0.4) is 0 Å². The molecule has 70 heavy (non-hydrogen) atoms. The molecule has 0 bridgehead atoms. The van der Waals surface area contributed by atoms with E-state index in [9.17, 15) is 23.4 Å². The fraction of sp³-hybridized carbons (Fsp3) is 0.288. The molecule has 11 heteroatoms. The molecule has 6 aromatic carbocycles. The Balaban J connectivity index is 0.000000207. The quantitative estimate of drug-likeness (QED) is 0.0648. The number of ether oxygens (including phenoxy) is 4. The third kappa shape index (κ3) is 15.5. The smallest absolute Gasteiger partial charge is 0.416 e. The molecule has 0 aliphatic rings. The van der Waals surface area contributed by atoms with Crippen molar-refractivity contribution in [1.29, 1.82) is 0 Å². The van der Waals surface area contributed by atoms with Crippen LogP contribution in [-0.2, 0) is 19.4 Å². The predicted octanol–water partition coefficient (Wildman–Crippen LogP) is 14.6. The lowest BCUT2D eigenvalue weighted by atomic mass is 9.78. The van der Waals surface area contributed by atoms with Gasteiger partial charge in [-0.1, -0.05) is 117 Å². The number of hydrogen-bond donors (Lipinski definition) is 2. The summed E-state index contributed by atoms with van der Waals surface area (Å²) in [7, 11) is 0. The summed E-state index contributed by atoms with van der Waals surface area (Å²) in [4.78, 5) is 9.28. The number of hydrogen-bond acceptors (Lipinski definition) is 8. The van der Waals surface area contributed by atoms with Gasteiger partial charge in [-0.2, -0.15) is 13.2 Å². The third-order valence-electron chi connectivity index (χ3n) is 12.0. The van der Waals surface area contributed by atoms with Gasteiger partial charge in [-0.15, -0.1) is 0 Å². The molecule has 0 saturated carbocycles. The largest absolute Gasteiger partial charge is 0.494 e. The molecule has 2 atom stereocenters. The van der Waals surface area contributed by atoms with Gasteiger partial charge in [0.05, 0.1) is 53.4 Å². The Kier molecular flexibility index (Phi) is 18.2. The summed E-state index contributed by atoms with van der Waals surface area (Å²) in [6, 6.07) is 53.9. The Bertz CT molecular complexity index is 2860. The lowest BCUT2D eigenvalue weighted by Crippen LogP contribution is -2.22. The number of pyridine rings is 2. The summed E-state index contributed by atoms with van der Waals surface area (Å²) in [5.74, 6) is 2.51. The van der Waals surface area contributed by atoms with E-state index in [1.54, 1.807) is 0 Å². The summed E-state index contributed by atoms with van der Waals surface area (Å²) in [5, 5.41) is 23.9. The fourth-order valence-corrected chi connectivity index (χ4v) is 7.99. The number of aliphatic hydroxyl groups excluding tert-OH is 2. The summed E-state index contributed by atoms with van der Waals surface area (Å²) in [6.45, 7) is 5.95. The standard InChI is InChI=1S/C30H33NO3.C29H28F3NO3/c1-30(2,19-8-9-20-33-26-13-4-3-5-14-26)29(32)24-12-10-15-27(21-24)34-22-25-18-17-23-11-6-7-16-28(23)31-25;30-29(31,32)23-10-7-12-26(19-23)35-17-5-1-2-14-28(34)22-9-6-11-25(18-22)36-20-24-16-15-21-8-3-4-13-27(21)33-24/h3-7,10-18,21,29,32H,8-9,19-20,22H2,1-2H3;3-4,6-13,15-16,18-19,28,34H,1-2,5,14,17,20H2. The second-order valence-corrected chi connectivity index (χ2v) is 18.0. The van der Waals surface area contributed by atoms with Crippen molar-refractivity contribution >= 4 is 21.8 Å². The van der Waals surface area contributed by atoms with E-state index in [0.29, 0.717) is 45.0 Å². The van der Waals surface area contributed by atoms with Gasteiger partial charge in [0.1, 0.15) is 36.2 Å². The highest BCUT2D eigenvalue weighted by Gasteiger charge is 2.31. The molecule has 0 saturated heterocycles. The molecule has 2 N–H and O–H groups in total. The molecule has 0 spiro atoms. The Morgan fingerprint density at radius 2 is 0.971 bits per heavy atom. The Morgan fingerprint density at radius 1 is 0.471 bits per heavy atom. The second kappa shape index (κ2) is 25.1. The number of alkyl halides is 3. The van der Waals surface area contributed by atoms with Crippen molar-refractivity contribution in [2.45, 2.75) is 90.4 Å². The van der Waals surface area contributed by atoms with Crippen molar-refractivity contribution < 1.29 is 42.3 Å². The van der Waals surface area contributed by atoms with E-state index >= 15 is 0 Å². The first-order valence-corrected chi connectivity index (χ1v) is 23.9. The lowest BCUT2D eigenvalue weighted by Gasteiger charge is -2.31. The number of aliphatic hydroxyl groups is 2. The van der Waals surface area contributed by atoms with Crippen molar-refractivity contribution in [3.8, 4) is 23.0 Å². The fourth-order valence-electron chi connectivity index (χ4n) is 7.99. The van der Waals surface area contributed by atoms with Gasteiger partial charge in [-0.3, -0.25) is 0 Å². The average molecular weight is 951 g/mol. The van der Waals surface area contributed by atoms with Crippen molar-refractivity contribution in [2.75, 3.05) is 13.2 Å². The summed E-state index contributed by atoms with van der Waals surface area (Å²) in [5.41, 5.74) is 4.25. The number of unbranched alkanes of at least 4 members (excludes halogenated alkanes) is 3. The maximum absolute atomic E-state index is 12.8. The second-order valence-electron chi connectivity index (χ2n) is 18.0. The van der Waals surface area contributed by atoms with Crippen molar-refractivity contribution in [3.63, 3.8) is 0 Å². The number of aromatic nitrogens is 2. The monoisotopic (exact) mass is 950 g/mol. The molecule has 0 radical (unpaired) electrons. The molecule has 364 valence electrons. The van der Waals surface area contributed by atoms with Crippen LogP contribution < -0.4 is 18.9 Å². The molecule has 8 nitrogen and oxygen atoms in total. The van der Waals surface area contributed by atoms with E-state index in [0.717, 1.165) is 100 Å². The van der Waals surface area contributed by atoms with Gasteiger partial charge in [0, 0.05) is 10.8 Å². The predicted molar refractivity (Wildman–Crippen MR) is 270 cm³/mol. The van der Waals surface area contributed by atoms with Gasteiger partial charge < -0.3 is 29.2 Å². The molecule has 0 fully saturated rings. The van der Waals surface area contributed by atoms with E-state index in [1.807, 2.05) is 140 Å². The third-order valence-corrected chi connectivity index (χ3v) is 12.0. The molecule has 0 aliphatic carbocycles. The minimum atomic E-state index is -4.38. The van der Waals surface area contributed by atoms with E-state index < -0.39 is 23.9 Å². The number of para-hydroxylation sites is 3. The minimum Gasteiger partial charge on any atom is -0.494 e. The number of rotatable bonds is 22. The zero-order valence-electron chi connectivity index (χ0n) is 39.7. The molecular formula is C59H61F3N2O6. The summed E-state index contributed by atoms with van der Waals surface area (Å²) < 4.78 is 61.5. The zero-order valence-corrected chi connectivity index (χ0v) is 39.7. The van der Waals surface area contributed by atoms with E-state index in [2.05, 4.69) is 35.9 Å². The first-order chi connectivity index (χ1) is 33.9. The molecule has 0 aliphatic heterocycles. The molecular weight excluding hydrogens is 890 g/mol. The van der Waals surface area contributed by atoms with Gasteiger partial charge in [-0.05, 0) is 134 Å². The number of fused-ring (bicyclic) bond motifs is 2. The topological polar surface area (TPSA) is 103 Å². The molecule has 8 aromatic rings. The maximum Gasteiger partial charge on any atom is 0.416 e. The Labute approximate surface area is 408 Å². The van der Waals surface area contributed by atoms with Gasteiger partial charge in [0.2, 0.25) is 0 Å². The molecule has 0 amide bonds. The van der Waals surface area contributed by atoms with Crippen LogP contribution >= 0.6 is 0 Å². The van der Waals surface area contributed by atoms with Gasteiger partial charge in [-0.25, -0.2) is 9.97 Å². The van der Waals surface area contributed by atoms with Crippen LogP contribution in [0.1, 0.15) is 99.1 Å². The Morgan fingerprint density at radius 3 is 1.59 bits per heavy atom. The van der Waals surface area contributed by atoms with Crippen LogP contribution in [0, 0.1) is 5.41 Å². The van der Waals surface area contributed by atoms with Gasteiger partial charge in [0.25, 0.3) is 0 Å².